The summed E-state index contributed by atoms with van der Waals surface area (Å²) >= 11 is 0. The Morgan fingerprint density at radius 2 is 1.95 bits per heavy atom. The molecular formula is C15H25N3O. The van der Waals surface area contributed by atoms with E-state index in [2.05, 4.69) is 30.7 Å². The van der Waals surface area contributed by atoms with Crippen LogP contribution in [0.1, 0.15) is 52.1 Å². The van der Waals surface area contributed by atoms with Gasteiger partial charge in [-0.25, -0.2) is 4.98 Å². The van der Waals surface area contributed by atoms with Crippen molar-refractivity contribution in [2.45, 2.75) is 52.0 Å². The van der Waals surface area contributed by atoms with Gasteiger partial charge in [0.25, 0.3) is 0 Å². The quantitative estimate of drug-likeness (QED) is 0.891. The number of hydrogen-bond acceptors (Lipinski definition) is 4. The van der Waals surface area contributed by atoms with Crippen molar-refractivity contribution >= 4 is 0 Å². The van der Waals surface area contributed by atoms with Gasteiger partial charge in [0, 0.05) is 12.4 Å². The molecule has 1 aliphatic rings. The van der Waals surface area contributed by atoms with E-state index in [1.807, 2.05) is 0 Å². The van der Waals surface area contributed by atoms with Gasteiger partial charge >= 0.3 is 0 Å². The van der Waals surface area contributed by atoms with Crippen LogP contribution in [0.4, 0.5) is 0 Å². The lowest BCUT2D eigenvalue weighted by molar-refractivity contribution is 0.0722. The lowest BCUT2D eigenvalue weighted by Gasteiger charge is -2.47. The summed E-state index contributed by atoms with van der Waals surface area (Å²) < 4.78 is 5.37. The topological polar surface area (TPSA) is 61.0 Å². The molecule has 106 valence electrons. The van der Waals surface area contributed by atoms with Crippen LogP contribution >= 0.6 is 0 Å². The predicted molar refractivity (Wildman–Crippen MR) is 75.9 cm³/mol. The molecule has 1 aromatic rings. The van der Waals surface area contributed by atoms with E-state index in [0.29, 0.717) is 11.8 Å². The van der Waals surface area contributed by atoms with Crippen molar-refractivity contribution < 1.29 is 4.74 Å². The molecule has 4 nitrogen and oxygen atoms in total. The SMILES string of the molecule is COc1nccnc1C1(N)CCCCC1C(C)(C)C. The monoisotopic (exact) mass is 263 g/mol. The van der Waals surface area contributed by atoms with Crippen molar-refractivity contribution in [3.05, 3.63) is 18.1 Å². The van der Waals surface area contributed by atoms with E-state index in [-0.39, 0.29) is 5.41 Å². The molecule has 1 aromatic heterocycles. The molecule has 4 heteroatoms. The molecule has 0 amide bonds. The Morgan fingerprint density at radius 3 is 2.58 bits per heavy atom. The first kappa shape index (κ1) is 14.3. The smallest absolute Gasteiger partial charge is 0.237 e. The van der Waals surface area contributed by atoms with Crippen LogP contribution in [0.15, 0.2) is 12.4 Å². The Morgan fingerprint density at radius 1 is 1.26 bits per heavy atom. The molecular weight excluding hydrogens is 238 g/mol. The van der Waals surface area contributed by atoms with Crippen LogP contribution < -0.4 is 10.5 Å². The van der Waals surface area contributed by atoms with Crippen LogP contribution in [0, 0.1) is 11.3 Å². The highest BCUT2D eigenvalue weighted by molar-refractivity contribution is 5.28. The number of aromatic nitrogens is 2. The summed E-state index contributed by atoms with van der Waals surface area (Å²) in [5, 5.41) is 0. The van der Waals surface area contributed by atoms with Crippen LogP contribution in [0.5, 0.6) is 5.88 Å². The normalized spacial score (nSPS) is 28.2. The van der Waals surface area contributed by atoms with Crippen molar-refractivity contribution in [3.8, 4) is 5.88 Å². The van der Waals surface area contributed by atoms with E-state index in [1.165, 1.54) is 6.42 Å². The first-order valence-electron chi connectivity index (χ1n) is 7.04. The fourth-order valence-electron chi connectivity index (χ4n) is 3.48. The number of nitrogens with zero attached hydrogens (tertiary/aromatic N) is 2. The summed E-state index contributed by atoms with van der Waals surface area (Å²) in [4.78, 5) is 8.77. The zero-order valence-electron chi connectivity index (χ0n) is 12.4. The van der Waals surface area contributed by atoms with Crippen molar-refractivity contribution in [2.75, 3.05) is 7.11 Å². The Kier molecular flexibility index (Phi) is 3.81. The molecule has 0 saturated heterocycles. The maximum absolute atomic E-state index is 6.80. The van der Waals surface area contributed by atoms with Crippen molar-refractivity contribution in [1.82, 2.24) is 9.97 Å². The molecule has 2 atom stereocenters. The van der Waals surface area contributed by atoms with Crippen LogP contribution in [0.25, 0.3) is 0 Å². The van der Waals surface area contributed by atoms with Crippen LogP contribution in [-0.2, 0) is 5.54 Å². The van der Waals surface area contributed by atoms with E-state index in [1.54, 1.807) is 19.5 Å². The molecule has 1 heterocycles. The minimum absolute atomic E-state index is 0.150. The van der Waals surface area contributed by atoms with Gasteiger partial charge in [0.15, 0.2) is 0 Å². The molecule has 0 bridgehead atoms. The summed E-state index contributed by atoms with van der Waals surface area (Å²) in [5.74, 6) is 0.959. The van der Waals surface area contributed by atoms with Crippen molar-refractivity contribution in [1.29, 1.82) is 0 Å². The molecule has 1 fully saturated rings. The van der Waals surface area contributed by atoms with E-state index < -0.39 is 5.54 Å². The molecule has 1 aliphatic carbocycles. The fraction of sp³-hybridized carbons (Fsp3) is 0.733. The highest BCUT2D eigenvalue weighted by Gasteiger charge is 2.47. The van der Waals surface area contributed by atoms with Gasteiger partial charge in [0.1, 0.15) is 5.69 Å². The molecule has 0 aliphatic heterocycles. The van der Waals surface area contributed by atoms with Gasteiger partial charge in [0.05, 0.1) is 12.6 Å². The number of methoxy groups -OCH3 is 1. The molecule has 19 heavy (non-hydrogen) atoms. The van der Waals surface area contributed by atoms with Crippen LogP contribution in [-0.4, -0.2) is 17.1 Å². The third-order valence-electron chi connectivity index (χ3n) is 4.30. The first-order chi connectivity index (χ1) is 8.89. The Labute approximate surface area is 115 Å². The lowest BCUT2D eigenvalue weighted by atomic mass is 9.61. The summed E-state index contributed by atoms with van der Waals surface area (Å²) in [6.07, 6.45) is 7.83. The molecule has 0 spiro atoms. The Hall–Kier alpha value is -1.16. The van der Waals surface area contributed by atoms with E-state index in [9.17, 15) is 0 Å². The molecule has 1 saturated carbocycles. The van der Waals surface area contributed by atoms with Crippen molar-refractivity contribution in [2.24, 2.45) is 17.1 Å². The van der Waals surface area contributed by atoms with Crippen LogP contribution in [0.3, 0.4) is 0 Å². The third-order valence-corrected chi connectivity index (χ3v) is 4.30. The predicted octanol–water partition coefficient (Wildman–Crippen LogP) is 2.88. The number of hydrogen-bond donors (Lipinski definition) is 1. The standard InChI is InChI=1S/C15H25N3O/c1-14(2,3)11-7-5-6-8-15(11,16)12-13(19-4)18-10-9-17-12/h9-11H,5-8,16H2,1-4H3. The second kappa shape index (κ2) is 5.08. The largest absolute Gasteiger partial charge is 0.480 e. The second-order valence-electron chi connectivity index (χ2n) is 6.62. The number of ether oxygens (including phenoxy) is 1. The maximum Gasteiger partial charge on any atom is 0.237 e. The zero-order valence-corrected chi connectivity index (χ0v) is 12.4. The molecule has 2 N–H and O–H groups in total. The Bertz CT molecular complexity index is 441. The van der Waals surface area contributed by atoms with E-state index >= 15 is 0 Å². The highest BCUT2D eigenvalue weighted by atomic mass is 16.5. The van der Waals surface area contributed by atoms with Crippen molar-refractivity contribution in [3.63, 3.8) is 0 Å². The zero-order chi connectivity index (χ0) is 14.1. The van der Waals surface area contributed by atoms with Gasteiger partial charge < -0.3 is 10.5 Å². The average Bonchev–Trinajstić information content (AvgIpc) is 2.38. The summed E-state index contributed by atoms with van der Waals surface area (Å²) in [5.41, 5.74) is 7.34. The molecule has 2 unspecified atom stereocenters. The minimum atomic E-state index is -0.434. The van der Waals surface area contributed by atoms with Gasteiger partial charge in [-0.15, -0.1) is 0 Å². The van der Waals surface area contributed by atoms with Gasteiger partial charge in [-0.2, -0.15) is 0 Å². The van der Waals surface area contributed by atoms with E-state index in [0.717, 1.165) is 25.0 Å². The van der Waals surface area contributed by atoms with Gasteiger partial charge in [-0.1, -0.05) is 33.6 Å². The summed E-state index contributed by atoms with van der Waals surface area (Å²) in [6.45, 7) is 6.77. The van der Waals surface area contributed by atoms with E-state index in [4.69, 9.17) is 10.5 Å². The number of rotatable bonds is 2. The lowest BCUT2D eigenvalue weighted by Crippen LogP contribution is -2.52. The van der Waals surface area contributed by atoms with Gasteiger partial charge in [-0.05, 0) is 24.2 Å². The average molecular weight is 263 g/mol. The summed E-state index contributed by atoms with van der Waals surface area (Å²) in [7, 11) is 1.63. The van der Waals surface area contributed by atoms with Crippen LogP contribution in [0.2, 0.25) is 0 Å². The minimum Gasteiger partial charge on any atom is -0.480 e. The molecule has 0 radical (unpaired) electrons. The first-order valence-corrected chi connectivity index (χ1v) is 7.04. The Balaban J connectivity index is 2.48. The highest BCUT2D eigenvalue weighted by Crippen LogP contribution is 2.49. The molecule has 0 aromatic carbocycles. The fourth-order valence-corrected chi connectivity index (χ4v) is 3.48. The van der Waals surface area contributed by atoms with Gasteiger partial charge in [-0.3, -0.25) is 4.98 Å². The third kappa shape index (κ3) is 2.59. The van der Waals surface area contributed by atoms with Gasteiger partial charge in [0.2, 0.25) is 5.88 Å². The number of nitrogens with two attached hydrogens (primary N) is 1. The summed E-state index contributed by atoms with van der Waals surface area (Å²) in [6, 6.07) is 0. The second-order valence-corrected chi connectivity index (χ2v) is 6.62. The molecule has 2 rings (SSSR count). The maximum atomic E-state index is 6.80.